The van der Waals surface area contributed by atoms with Crippen molar-refractivity contribution in [2.24, 2.45) is 5.92 Å². The van der Waals surface area contributed by atoms with E-state index in [-0.39, 0.29) is 17.1 Å². The van der Waals surface area contributed by atoms with Gasteiger partial charge < -0.3 is 9.80 Å². The number of rotatable bonds is 11. The van der Waals surface area contributed by atoms with Crippen LogP contribution in [0.15, 0.2) is 59.5 Å². The van der Waals surface area contributed by atoms with Crippen molar-refractivity contribution in [2.75, 3.05) is 44.2 Å². The number of aromatic nitrogens is 2. The van der Waals surface area contributed by atoms with Gasteiger partial charge in [0.25, 0.3) is 5.69 Å². The summed E-state index contributed by atoms with van der Waals surface area (Å²) in [5.74, 6) is 1.22. The number of aryl methyl sites for hydroxylation is 1. The zero-order valence-electron chi connectivity index (χ0n) is 23.2. The van der Waals surface area contributed by atoms with Crippen LogP contribution < -0.4 is 4.90 Å². The lowest BCUT2D eigenvalue weighted by atomic mass is 10.1. The maximum absolute atomic E-state index is 13.9. The average molecular weight is 555 g/mol. The summed E-state index contributed by atoms with van der Waals surface area (Å²) in [7, 11) is -3.92. The van der Waals surface area contributed by atoms with Gasteiger partial charge in [-0.1, -0.05) is 39.0 Å². The quantitative estimate of drug-likeness (QED) is 0.254. The molecule has 4 rings (SSSR count). The van der Waals surface area contributed by atoms with Crippen LogP contribution in [0.5, 0.6) is 0 Å². The monoisotopic (exact) mass is 554 g/mol. The highest BCUT2D eigenvalue weighted by atomic mass is 32.2. The zero-order valence-corrected chi connectivity index (χ0v) is 24.0. The van der Waals surface area contributed by atoms with Crippen LogP contribution in [0.4, 0.5) is 11.5 Å². The van der Waals surface area contributed by atoms with Crippen LogP contribution >= 0.6 is 0 Å². The molecule has 0 amide bonds. The second kappa shape index (κ2) is 12.3. The van der Waals surface area contributed by atoms with E-state index in [0.29, 0.717) is 18.9 Å². The highest BCUT2D eigenvalue weighted by Gasteiger charge is 2.31. The summed E-state index contributed by atoms with van der Waals surface area (Å²) < 4.78 is 31.2. The minimum Gasteiger partial charge on any atom is -0.354 e. The Labute approximate surface area is 231 Å². The zero-order chi connectivity index (χ0) is 28.2. The third kappa shape index (κ3) is 6.48. The van der Waals surface area contributed by atoms with Crippen LogP contribution in [0.25, 0.3) is 5.69 Å². The first-order valence-electron chi connectivity index (χ1n) is 13.5. The molecule has 0 atom stereocenters. The Kier molecular flexibility index (Phi) is 9.04. The molecule has 10 nitrogen and oxygen atoms in total. The molecule has 2 heterocycles. The molecule has 0 unspecified atom stereocenters. The summed E-state index contributed by atoms with van der Waals surface area (Å²) in [6, 6.07) is 15.0. The number of sulfonamides is 1. The summed E-state index contributed by atoms with van der Waals surface area (Å²) in [6.07, 6.45) is 0.683. The summed E-state index contributed by atoms with van der Waals surface area (Å²) in [6.45, 7) is 13.2. The van der Waals surface area contributed by atoms with Crippen LogP contribution in [0.3, 0.4) is 0 Å². The number of likely N-dealkylation sites (N-methyl/N-ethyl adjacent to an activating group) is 1. The highest BCUT2D eigenvalue weighted by molar-refractivity contribution is 7.89. The SMILES string of the molecule is CCN1CCN(c2c(CN(CCC(C)C)S(=O)(=O)c3ccc([N+](=O)[O-])cc3)c(C)nn2-c2ccccc2)CC1. The number of nitro groups is 1. The molecule has 1 aromatic heterocycles. The van der Waals surface area contributed by atoms with E-state index < -0.39 is 14.9 Å². The van der Waals surface area contributed by atoms with E-state index in [1.165, 1.54) is 28.6 Å². The third-order valence-corrected chi connectivity index (χ3v) is 9.11. The molecule has 0 aliphatic carbocycles. The van der Waals surface area contributed by atoms with E-state index in [0.717, 1.165) is 55.5 Å². The van der Waals surface area contributed by atoms with Crippen molar-refractivity contribution in [1.29, 1.82) is 0 Å². The first-order valence-corrected chi connectivity index (χ1v) is 14.9. The molecule has 210 valence electrons. The van der Waals surface area contributed by atoms with Crippen molar-refractivity contribution in [1.82, 2.24) is 19.0 Å². The lowest BCUT2D eigenvalue weighted by Gasteiger charge is -2.36. The van der Waals surface area contributed by atoms with Crippen LogP contribution in [0, 0.1) is 23.0 Å². The molecular weight excluding hydrogens is 516 g/mol. The first kappa shape index (κ1) is 28.7. The fourth-order valence-corrected chi connectivity index (χ4v) is 6.26. The summed E-state index contributed by atoms with van der Waals surface area (Å²) >= 11 is 0. The Hall–Kier alpha value is -3.28. The van der Waals surface area contributed by atoms with Gasteiger partial charge in [0.05, 0.1) is 21.2 Å². The number of hydrogen-bond donors (Lipinski definition) is 0. The molecule has 1 aliphatic heterocycles. The Balaban J connectivity index is 1.76. The van der Waals surface area contributed by atoms with Crippen molar-refractivity contribution in [2.45, 2.75) is 45.6 Å². The van der Waals surface area contributed by atoms with E-state index in [9.17, 15) is 18.5 Å². The molecule has 39 heavy (non-hydrogen) atoms. The molecule has 0 bridgehead atoms. The van der Waals surface area contributed by atoms with Crippen LogP contribution in [-0.2, 0) is 16.6 Å². The topological polar surface area (TPSA) is 105 Å². The molecule has 3 aromatic rings. The molecule has 0 N–H and O–H groups in total. The van der Waals surface area contributed by atoms with Crippen LogP contribution in [0.2, 0.25) is 0 Å². The maximum Gasteiger partial charge on any atom is 0.269 e. The second-order valence-electron chi connectivity index (χ2n) is 10.3. The second-order valence-corrected chi connectivity index (χ2v) is 12.3. The van der Waals surface area contributed by atoms with E-state index in [1.54, 1.807) is 0 Å². The Bertz CT molecular complexity index is 1370. The molecule has 2 aromatic carbocycles. The number of nitro benzene ring substituents is 1. The van der Waals surface area contributed by atoms with Crippen molar-refractivity contribution >= 4 is 21.5 Å². The van der Waals surface area contributed by atoms with Gasteiger partial charge in [-0.05, 0) is 50.1 Å². The van der Waals surface area contributed by atoms with E-state index in [1.807, 2.05) is 41.9 Å². The van der Waals surface area contributed by atoms with Crippen molar-refractivity contribution in [3.8, 4) is 5.69 Å². The molecule has 1 aliphatic rings. The predicted molar refractivity (Wildman–Crippen MR) is 153 cm³/mol. The maximum atomic E-state index is 13.9. The number of non-ortho nitro benzene ring substituents is 1. The number of piperazine rings is 1. The number of para-hydroxylation sites is 1. The lowest BCUT2D eigenvalue weighted by Crippen LogP contribution is -2.47. The normalized spacial score (nSPS) is 14.9. The Morgan fingerprint density at radius 1 is 1.03 bits per heavy atom. The van der Waals surface area contributed by atoms with Crippen molar-refractivity contribution in [3.63, 3.8) is 0 Å². The van der Waals surface area contributed by atoms with Crippen LogP contribution in [-0.4, -0.2) is 71.6 Å². The van der Waals surface area contributed by atoms with Gasteiger partial charge in [-0.2, -0.15) is 9.40 Å². The summed E-state index contributed by atoms with van der Waals surface area (Å²) in [5, 5.41) is 16.0. The minimum absolute atomic E-state index is 0.0445. The molecule has 1 fully saturated rings. The molecule has 0 spiro atoms. The van der Waals surface area contributed by atoms with Gasteiger partial charge >= 0.3 is 0 Å². The summed E-state index contributed by atoms with van der Waals surface area (Å²) in [4.78, 5) is 15.4. The molecule has 1 saturated heterocycles. The average Bonchev–Trinajstić information content (AvgIpc) is 3.26. The predicted octanol–water partition coefficient (Wildman–Crippen LogP) is 4.47. The van der Waals surface area contributed by atoms with E-state index >= 15 is 0 Å². The number of nitrogens with zero attached hydrogens (tertiary/aromatic N) is 6. The van der Waals surface area contributed by atoms with Gasteiger partial charge in [-0.25, -0.2) is 13.1 Å². The lowest BCUT2D eigenvalue weighted by molar-refractivity contribution is -0.384. The molecule has 11 heteroatoms. The smallest absolute Gasteiger partial charge is 0.269 e. The Morgan fingerprint density at radius 3 is 2.23 bits per heavy atom. The number of hydrogen-bond acceptors (Lipinski definition) is 7. The highest BCUT2D eigenvalue weighted by Crippen LogP contribution is 2.32. The minimum atomic E-state index is -3.92. The van der Waals surface area contributed by atoms with E-state index in [4.69, 9.17) is 5.10 Å². The van der Waals surface area contributed by atoms with Crippen LogP contribution in [0.1, 0.15) is 38.4 Å². The molecule has 0 radical (unpaired) electrons. The number of benzene rings is 2. The van der Waals surface area contributed by atoms with Crippen molar-refractivity contribution < 1.29 is 13.3 Å². The largest absolute Gasteiger partial charge is 0.354 e. The van der Waals surface area contributed by atoms with E-state index in [2.05, 4.69) is 30.6 Å². The van der Waals surface area contributed by atoms with Gasteiger partial charge in [0, 0.05) is 57.0 Å². The van der Waals surface area contributed by atoms with Gasteiger partial charge in [-0.15, -0.1) is 0 Å². The van der Waals surface area contributed by atoms with Gasteiger partial charge in [0.1, 0.15) is 5.82 Å². The third-order valence-electron chi connectivity index (χ3n) is 7.25. The van der Waals surface area contributed by atoms with Gasteiger partial charge in [0.15, 0.2) is 0 Å². The fraction of sp³-hybridized carbons (Fsp3) is 0.464. The molecule has 0 saturated carbocycles. The van der Waals surface area contributed by atoms with Gasteiger partial charge in [-0.3, -0.25) is 10.1 Å². The van der Waals surface area contributed by atoms with Gasteiger partial charge in [0.2, 0.25) is 10.0 Å². The van der Waals surface area contributed by atoms with Crippen molar-refractivity contribution in [3.05, 3.63) is 76.0 Å². The number of anilines is 1. The summed E-state index contributed by atoms with van der Waals surface area (Å²) in [5.41, 5.74) is 2.43. The fourth-order valence-electron chi connectivity index (χ4n) is 4.83. The standard InChI is InChI=1S/C28H38N6O4S/c1-5-30-17-19-31(20-18-30)28-27(23(4)29-33(28)24-9-7-6-8-10-24)21-32(16-15-22(2)3)39(37,38)26-13-11-25(12-14-26)34(35)36/h6-14,22H,5,15-21H2,1-4H3. The Morgan fingerprint density at radius 2 is 1.67 bits per heavy atom. The first-order chi connectivity index (χ1) is 18.6. The molecular formula is C28H38N6O4S.